The smallest absolute Gasteiger partial charge is 0.341 e. The molecule has 2 aromatic rings. The molecule has 1 unspecified atom stereocenters. The third-order valence-corrected chi connectivity index (χ3v) is 4.92. The number of aliphatic carboxylic acids is 1. The lowest BCUT2D eigenvalue weighted by Crippen LogP contribution is -2.36. The van der Waals surface area contributed by atoms with Gasteiger partial charge in [-0.1, -0.05) is 36.8 Å². The molecular formula is C22H25NO5. The molecule has 0 bridgehead atoms. The summed E-state index contributed by atoms with van der Waals surface area (Å²) < 4.78 is 10.8. The minimum absolute atomic E-state index is 0.0269. The van der Waals surface area contributed by atoms with Crippen molar-refractivity contribution in [2.24, 2.45) is 5.92 Å². The van der Waals surface area contributed by atoms with Crippen LogP contribution in [0.4, 0.5) is 0 Å². The van der Waals surface area contributed by atoms with Crippen molar-refractivity contribution in [3.8, 4) is 11.5 Å². The van der Waals surface area contributed by atoms with E-state index in [1.165, 1.54) is 6.42 Å². The van der Waals surface area contributed by atoms with Crippen LogP contribution in [0.5, 0.6) is 11.5 Å². The van der Waals surface area contributed by atoms with Crippen molar-refractivity contribution in [2.45, 2.75) is 32.2 Å². The number of carboxylic acids is 1. The Morgan fingerprint density at radius 2 is 1.86 bits per heavy atom. The molecule has 0 aliphatic heterocycles. The lowest BCUT2D eigenvalue weighted by Gasteiger charge is -2.34. The van der Waals surface area contributed by atoms with Crippen LogP contribution in [0, 0.1) is 5.92 Å². The Kier molecular flexibility index (Phi) is 6.53. The summed E-state index contributed by atoms with van der Waals surface area (Å²) in [6, 6.07) is 14.8. The van der Waals surface area contributed by atoms with Crippen molar-refractivity contribution in [1.29, 1.82) is 0 Å². The van der Waals surface area contributed by atoms with Crippen LogP contribution in [-0.2, 0) is 4.79 Å². The Balaban J connectivity index is 1.78. The highest BCUT2D eigenvalue weighted by atomic mass is 16.5. The fraction of sp³-hybridized carbons (Fsp3) is 0.364. The Bertz CT molecular complexity index is 817. The van der Waals surface area contributed by atoms with Crippen LogP contribution >= 0.6 is 0 Å². The maximum absolute atomic E-state index is 12.9. The highest BCUT2D eigenvalue weighted by Crippen LogP contribution is 2.38. The topological polar surface area (TPSA) is 84.9 Å². The fourth-order valence-electron chi connectivity index (χ4n) is 3.31. The molecule has 148 valence electrons. The van der Waals surface area contributed by atoms with E-state index in [9.17, 15) is 9.59 Å². The first kappa shape index (κ1) is 19.7. The average molecular weight is 383 g/mol. The Hall–Kier alpha value is -3.02. The van der Waals surface area contributed by atoms with E-state index >= 15 is 0 Å². The number of benzene rings is 2. The highest BCUT2D eigenvalue weighted by Gasteiger charge is 2.30. The van der Waals surface area contributed by atoms with E-state index in [-0.39, 0.29) is 11.9 Å². The molecule has 1 fully saturated rings. The van der Waals surface area contributed by atoms with Crippen LogP contribution in [0.25, 0.3) is 0 Å². The van der Waals surface area contributed by atoms with Crippen LogP contribution < -0.4 is 14.8 Å². The number of carboxylic acid groups (broad SMARTS) is 1. The largest absolute Gasteiger partial charge is 0.490 e. The number of nitrogens with one attached hydrogen (secondary N) is 1. The number of hydrogen-bond acceptors (Lipinski definition) is 4. The summed E-state index contributed by atoms with van der Waals surface area (Å²) in [4.78, 5) is 23.6. The third kappa shape index (κ3) is 4.82. The van der Waals surface area contributed by atoms with E-state index in [2.05, 4.69) is 5.32 Å². The lowest BCUT2D eigenvalue weighted by atomic mass is 9.77. The molecule has 6 nitrogen and oxygen atoms in total. The normalized spacial score (nSPS) is 14.6. The molecule has 1 atom stereocenters. The minimum atomic E-state index is -1.07. The summed E-state index contributed by atoms with van der Waals surface area (Å²) in [6.45, 7) is 1.72. The Morgan fingerprint density at radius 1 is 1.11 bits per heavy atom. The van der Waals surface area contributed by atoms with Crippen LogP contribution in [0.3, 0.4) is 0 Å². The molecule has 2 N–H and O–H groups in total. The van der Waals surface area contributed by atoms with Crippen LogP contribution in [0.15, 0.2) is 48.5 Å². The van der Waals surface area contributed by atoms with Gasteiger partial charge in [-0.05, 0) is 49.4 Å². The second-order valence-electron chi connectivity index (χ2n) is 6.83. The molecule has 0 heterocycles. The standard InChI is InChI=1S/C22H25NO5/c1-2-27-19-13-17(11-12-18(19)28-14-20(24)25)22(26)23-21(16-9-6-10-16)15-7-4-3-5-8-15/h3-5,7-8,11-13,16,21H,2,6,9-10,14H2,1H3,(H,23,26)(H,24,25). The van der Waals surface area contributed by atoms with Gasteiger partial charge in [0.1, 0.15) is 0 Å². The number of amides is 1. The monoisotopic (exact) mass is 383 g/mol. The van der Waals surface area contributed by atoms with E-state index in [1.807, 2.05) is 37.3 Å². The van der Waals surface area contributed by atoms with Gasteiger partial charge in [-0.15, -0.1) is 0 Å². The van der Waals surface area contributed by atoms with E-state index in [0.29, 0.717) is 29.6 Å². The molecule has 0 aromatic heterocycles. The molecule has 1 saturated carbocycles. The second kappa shape index (κ2) is 9.26. The molecule has 0 radical (unpaired) electrons. The van der Waals surface area contributed by atoms with Crippen molar-refractivity contribution in [2.75, 3.05) is 13.2 Å². The second-order valence-corrected chi connectivity index (χ2v) is 6.83. The van der Waals surface area contributed by atoms with Crippen LogP contribution in [0.2, 0.25) is 0 Å². The van der Waals surface area contributed by atoms with Gasteiger partial charge in [-0.3, -0.25) is 4.79 Å². The Morgan fingerprint density at radius 3 is 2.46 bits per heavy atom. The summed E-state index contributed by atoms with van der Waals surface area (Å²) >= 11 is 0. The van der Waals surface area contributed by atoms with E-state index in [4.69, 9.17) is 14.6 Å². The molecular weight excluding hydrogens is 358 g/mol. The molecule has 0 spiro atoms. The first-order valence-corrected chi connectivity index (χ1v) is 9.55. The van der Waals surface area contributed by atoms with Gasteiger partial charge in [-0.25, -0.2) is 4.79 Å². The quantitative estimate of drug-likeness (QED) is 0.688. The zero-order valence-corrected chi connectivity index (χ0v) is 15.9. The molecule has 1 amide bonds. The van der Waals surface area contributed by atoms with Gasteiger partial charge in [0, 0.05) is 5.56 Å². The first-order chi connectivity index (χ1) is 13.6. The Labute approximate surface area is 164 Å². The van der Waals surface area contributed by atoms with Gasteiger partial charge >= 0.3 is 5.97 Å². The van der Waals surface area contributed by atoms with Crippen molar-refractivity contribution in [3.63, 3.8) is 0 Å². The summed E-state index contributed by atoms with van der Waals surface area (Å²) in [5.74, 6) is -0.159. The summed E-state index contributed by atoms with van der Waals surface area (Å²) in [7, 11) is 0. The van der Waals surface area contributed by atoms with E-state index in [1.54, 1.807) is 18.2 Å². The average Bonchev–Trinajstić information content (AvgIpc) is 2.65. The SMILES string of the molecule is CCOc1cc(C(=O)NC(c2ccccc2)C2CCC2)ccc1OCC(=O)O. The summed E-state index contributed by atoms with van der Waals surface area (Å²) in [5.41, 5.74) is 1.55. The van der Waals surface area contributed by atoms with Gasteiger partial charge in [0.2, 0.25) is 0 Å². The lowest BCUT2D eigenvalue weighted by molar-refractivity contribution is -0.139. The number of carbonyl (C=O) groups excluding carboxylic acids is 1. The zero-order valence-electron chi connectivity index (χ0n) is 15.9. The van der Waals surface area contributed by atoms with Crippen molar-refractivity contribution in [3.05, 3.63) is 59.7 Å². The maximum Gasteiger partial charge on any atom is 0.341 e. The first-order valence-electron chi connectivity index (χ1n) is 9.55. The van der Waals surface area contributed by atoms with Gasteiger partial charge in [-0.2, -0.15) is 0 Å². The molecule has 1 aliphatic carbocycles. The fourth-order valence-corrected chi connectivity index (χ4v) is 3.31. The maximum atomic E-state index is 12.9. The minimum Gasteiger partial charge on any atom is -0.490 e. The molecule has 28 heavy (non-hydrogen) atoms. The number of carbonyl (C=O) groups is 2. The number of ether oxygens (including phenoxy) is 2. The van der Waals surface area contributed by atoms with Crippen LogP contribution in [0.1, 0.15) is 48.1 Å². The predicted molar refractivity (Wildman–Crippen MR) is 105 cm³/mol. The molecule has 2 aromatic carbocycles. The van der Waals surface area contributed by atoms with E-state index < -0.39 is 12.6 Å². The number of hydrogen-bond donors (Lipinski definition) is 2. The van der Waals surface area contributed by atoms with Gasteiger partial charge < -0.3 is 19.9 Å². The van der Waals surface area contributed by atoms with Crippen molar-refractivity contribution < 1.29 is 24.2 Å². The molecule has 6 heteroatoms. The van der Waals surface area contributed by atoms with Gasteiger partial charge in [0.15, 0.2) is 18.1 Å². The third-order valence-electron chi connectivity index (χ3n) is 4.92. The summed E-state index contributed by atoms with van der Waals surface area (Å²) in [5, 5.41) is 12.0. The van der Waals surface area contributed by atoms with Gasteiger partial charge in [0.05, 0.1) is 12.6 Å². The number of rotatable bonds is 9. The predicted octanol–water partition coefficient (Wildman–Crippen LogP) is 3.82. The van der Waals surface area contributed by atoms with Crippen molar-refractivity contribution >= 4 is 11.9 Å². The summed E-state index contributed by atoms with van der Waals surface area (Å²) in [6.07, 6.45) is 3.39. The zero-order chi connectivity index (χ0) is 19.9. The molecule has 3 rings (SSSR count). The highest BCUT2D eigenvalue weighted by molar-refractivity contribution is 5.95. The molecule has 0 saturated heterocycles. The van der Waals surface area contributed by atoms with Crippen LogP contribution in [-0.4, -0.2) is 30.2 Å². The van der Waals surface area contributed by atoms with Gasteiger partial charge in [0.25, 0.3) is 5.91 Å². The van der Waals surface area contributed by atoms with E-state index in [0.717, 1.165) is 18.4 Å². The van der Waals surface area contributed by atoms with Crippen molar-refractivity contribution in [1.82, 2.24) is 5.32 Å². The molecule has 1 aliphatic rings.